The van der Waals surface area contributed by atoms with E-state index in [0.29, 0.717) is 0 Å². The minimum Gasteiger partial charge on any atom is -0.387 e. The number of phosphoric ester groups is 1. The Hall–Kier alpha value is -1.73. The lowest BCUT2D eigenvalue weighted by Gasteiger charge is -2.27. The molecule has 1 aliphatic heterocycles. The van der Waals surface area contributed by atoms with Gasteiger partial charge in [0.1, 0.15) is 35.6 Å². The lowest BCUT2D eigenvalue weighted by atomic mass is 9.96. The molecule has 0 spiro atoms. The molecular formula is C14H19N4O13P3. The quantitative estimate of drug-likeness (QED) is 0.161. The van der Waals surface area contributed by atoms with Crippen molar-refractivity contribution in [2.45, 2.75) is 31.0 Å². The van der Waals surface area contributed by atoms with Crippen LogP contribution in [0.5, 0.6) is 0 Å². The van der Waals surface area contributed by atoms with E-state index in [-0.39, 0.29) is 22.4 Å². The van der Waals surface area contributed by atoms with Crippen LogP contribution in [0.3, 0.4) is 0 Å². The van der Waals surface area contributed by atoms with Crippen LogP contribution in [0.2, 0.25) is 0 Å². The van der Waals surface area contributed by atoms with Crippen molar-refractivity contribution in [2.75, 3.05) is 12.3 Å². The predicted molar refractivity (Wildman–Crippen MR) is 110 cm³/mol. The Morgan fingerprint density at radius 1 is 1.24 bits per heavy atom. The molecule has 34 heavy (non-hydrogen) atoms. The standard InChI is InChI=1S/C14H19N4O13P3/c1-3-7-4-18(12-9(7)11(15)16-6-17-12)13-14(2,20)10(19)8(29-13)5-28-33(24,25)31-34(26,27)30-32(21,22)23/h1,4,6,8,10,13,19-20H,5H2,2H3,(H,24,25)(H,26,27)(H2,15,16,17)(H2,21,22,23)/t8-,10-,13-,14-/m1/s1. The molecule has 2 aromatic heterocycles. The highest BCUT2D eigenvalue weighted by Gasteiger charge is 2.54. The molecule has 8 N–H and O–H groups in total. The summed E-state index contributed by atoms with van der Waals surface area (Å²) in [6.07, 6.45) is 3.31. The fourth-order valence-electron chi connectivity index (χ4n) is 3.25. The first-order valence-corrected chi connectivity index (χ1v) is 13.4. The number of rotatable bonds is 8. The maximum Gasteiger partial charge on any atom is 0.490 e. The first-order chi connectivity index (χ1) is 15.5. The van der Waals surface area contributed by atoms with Gasteiger partial charge in [-0.2, -0.15) is 8.62 Å². The van der Waals surface area contributed by atoms with Gasteiger partial charge in [-0.05, 0) is 6.92 Å². The van der Waals surface area contributed by atoms with Gasteiger partial charge in [-0.15, -0.1) is 6.42 Å². The van der Waals surface area contributed by atoms with Crippen LogP contribution >= 0.6 is 23.5 Å². The van der Waals surface area contributed by atoms with Gasteiger partial charge in [0, 0.05) is 6.20 Å². The second-order valence-corrected chi connectivity index (χ2v) is 11.6. The van der Waals surface area contributed by atoms with Crippen LogP contribution in [0.25, 0.3) is 11.0 Å². The fourth-order valence-corrected chi connectivity index (χ4v) is 6.28. The Labute approximate surface area is 190 Å². The summed E-state index contributed by atoms with van der Waals surface area (Å²) in [4.78, 5) is 43.8. The van der Waals surface area contributed by atoms with Crippen molar-refractivity contribution < 1.29 is 61.4 Å². The number of aliphatic hydroxyl groups excluding tert-OH is 1. The Kier molecular flexibility index (Phi) is 7.15. The number of phosphoric acid groups is 3. The van der Waals surface area contributed by atoms with Crippen LogP contribution in [0.4, 0.5) is 5.82 Å². The predicted octanol–water partition coefficient (Wildman–Crippen LogP) is -0.653. The third-order valence-electron chi connectivity index (χ3n) is 4.62. The van der Waals surface area contributed by atoms with Gasteiger partial charge in [0.15, 0.2) is 6.23 Å². The van der Waals surface area contributed by atoms with Crippen molar-refractivity contribution in [3.8, 4) is 12.3 Å². The van der Waals surface area contributed by atoms with Crippen molar-refractivity contribution in [2.24, 2.45) is 0 Å². The van der Waals surface area contributed by atoms with E-state index in [2.05, 4.69) is 29.0 Å². The number of nitrogens with zero attached hydrogens (tertiary/aromatic N) is 3. The van der Waals surface area contributed by atoms with Gasteiger partial charge in [0.2, 0.25) is 0 Å². The van der Waals surface area contributed by atoms with Gasteiger partial charge in [-0.25, -0.2) is 23.7 Å². The van der Waals surface area contributed by atoms with E-state index in [1.165, 1.54) is 17.7 Å². The zero-order valence-corrected chi connectivity index (χ0v) is 19.7. The molecule has 20 heteroatoms. The van der Waals surface area contributed by atoms with Gasteiger partial charge in [0.25, 0.3) is 0 Å². The monoisotopic (exact) mass is 544 g/mol. The molecule has 3 rings (SSSR count). The summed E-state index contributed by atoms with van der Waals surface area (Å²) in [7, 11) is -16.8. The second-order valence-electron chi connectivity index (χ2n) is 7.14. The second kappa shape index (κ2) is 9.05. The van der Waals surface area contributed by atoms with Gasteiger partial charge in [-0.1, -0.05) is 5.92 Å². The molecule has 0 bridgehead atoms. The van der Waals surface area contributed by atoms with E-state index in [0.717, 1.165) is 6.33 Å². The van der Waals surface area contributed by atoms with Gasteiger partial charge >= 0.3 is 23.5 Å². The SMILES string of the molecule is C#Cc1cn([C@@H]2O[C@H](COP(=O)(O)OP(=O)(O)OP(=O)(O)O)[C@@H](O)[C@@]2(C)O)c2ncnc(N)c12. The summed E-state index contributed by atoms with van der Waals surface area (Å²) in [5.41, 5.74) is 4.18. The summed E-state index contributed by atoms with van der Waals surface area (Å²) in [5, 5.41) is 21.7. The number of nitrogens with two attached hydrogens (primary N) is 1. The van der Waals surface area contributed by atoms with Gasteiger partial charge in [0.05, 0.1) is 17.6 Å². The molecule has 2 aromatic rings. The minimum atomic E-state index is -5.73. The molecular weight excluding hydrogens is 525 g/mol. The van der Waals surface area contributed by atoms with E-state index in [1.54, 1.807) is 0 Å². The average molecular weight is 544 g/mol. The number of hydrogen-bond acceptors (Lipinski definition) is 12. The number of anilines is 1. The highest BCUT2D eigenvalue weighted by atomic mass is 31.3. The van der Waals surface area contributed by atoms with Crippen LogP contribution in [0.15, 0.2) is 12.5 Å². The number of ether oxygens (including phenoxy) is 1. The first kappa shape index (κ1) is 26.9. The Morgan fingerprint density at radius 2 is 1.88 bits per heavy atom. The molecule has 2 unspecified atom stereocenters. The van der Waals surface area contributed by atoms with Crippen LogP contribution in [0.1, 0.15) is 18.7 Å². The summed E-state index contributed by atoms with van der Waals surface area (Å²) >= 11 is 0. The van der Waals surface area contributed by atoms with E-state index >= 15 is 0 Å². The van der Waals surface area contributed by atoms with E-state index in [9.17, 15) is 33.7 Å². The Bertz CT molecular complexity index is 1280. The fraction of sp³-hybridized carbons (Fsp3) is 0.429. The summed E-state index contributed by atoms with van der Waals surface area (Å²) < 4.78 is 52.6. The highest BCUT2D eigenvalue weighted by molar-refractivity contribution is 7.66. The van der Waals surface area contributed by atoms with Crippen LogP contribution < -0.4 is 5.73 Å². The van der Waals surface area contributed by atoms with Crippen molar-refractivity contribution >= 4 is 40.3 Å². The van der Waals surface area contributed by atoms with Crippen molar-refractivity contribution in [1.29, 1.82) is 0 Å². The maximum atomic E-state index is 11.9. The van der Waals surface area contributed by atoms with Crippen LogP contribution in [-0.2, 0) is 31.6 Å². The molecule has 0 radical (unpaired) electrons. The topological polar surface area (TPSA) is 266 Å². The molecule has 1 saturated heterocycles. The number of fused-ring (bicyclic) bond motifs is 1. The molecule has 0 amide bonds. The number of aromatic nitrogens is 3. The smallest absolute Gasteiger partial charge is 0.387 e. The largest absolute Gasteiger partial charge is 0.490 e. The van der Waals surface area contributed by atoms with Crippen molar-refractivity contribution in [3.63, 3.8) is 0 Å². The van der Waals surface area contributed by atoms with Crippen molar-refractivity contribution in [3.05, 3.63) is 18.1 Å². The molecule has 1 aliphatic rings. The molecule has 188 valence electrons. The van der Waals surface area contributed by atoms with Gasteiger partial charge in [-0.3, -0.25) is 4.52 Å². The van der Waals surface area contributed by atoms with Crippen LogP contribution in [0, 0.1) is 12.3 Å². The van der Waals surface area contributed by atoms with Crippen molar-refractivity contribution in [1.82, 2.24) is 14.5 Å². The summed E-state index contributed by atoms with van der Waals surface area (Å²) in [6, 6.07) is 0. The zero-order valence-electron chi connectivity index (χ0n) is 17.0. The third kappa shape index (κ3) is 5.56. The molecule has 3 heterocycles. The lowest BCUT2D eigenvalue weighted by Crippen LogP contribution is -2.44. The van der Waals surface area contributed by atoms with E-state index < -0.39 is 54.1 Å². The number of nitrogen functional groups attached to an aromatic ring is 1. The van der Waals surface area contributed by atoms with E-state index in [1.807, 2.05) is 0 Å². The van der Waals surface area contributed by atoms with Gasteiger partial charge < -0.3 is 44.8 Å². The number of aliphatic hydroxyl groups is 2. The molecule has 1 fully saturated rings. The van der Waals surface area contributed by atoms with E-state index in [4.69, 9.17) is 26.7 Å². The molecule has 6 atom stereocenters. The lowest BCUT2D eigenvalue weighted by molar-refractivity contribution is -0.0947. The number of terminal acetylenes is 1. The maximum absolute atomic E-state index is 11.9. The minimum absolute atomic E-state index is 0.0408. The molecule has 17 nitrogen and oxygen atoms in total. The molecule has 0 aromatic carbocycles. The normalized spacial score (nSPS) is 28.9. The average Bonchev–Trinajstić information content (AvgIpc) is 3.14. The molecule has 0 aliphatic carbocycles. The highest BCUT2D eigenvalue weighted by Crippen LogP contribution is 2.66. The Morgan fingerprint density at radius 3 is 2.47 bits per heavy atom. The zero-order chi connectivity index (χ0) is 25.7. The summed E-state index contributed by atoms with van der Waals surface area (Å²) in [6.45, 7) is 0.189. The third-order valence-corrected chi connectivity index (χ3v) is 8.42. The summed E-state index contributed by atoms with van der Waals surface area (Å²) in [5.74, 6) is 2.42. The van der Waals surface area contributed by atoms with Crippen LogP contribution in [-0.4, -0.2) is 68.7 Å². The molecule has 0 saturated carbocycles. The first-order valence-electron chi connectivity index (χ1n) is 8.89. The number of hydrogen-bond donors (Lipinski definition) is 7. The Balaban J connectivity index is 1.81.